The van der Waals surface area contributed by atoms with Crippen molar-refractivity contribution in [3.63, 3.8) is 0 Å². The van der Waals surface area contributed by atoms with Crippen molar-refractivity contribution in [2.45, 2.75) is 19.9 Å². The van der Waals surface area contributed by atoms with E-state index in [0.717, 1.165) is 5.56 Å². The van der Waals surface area contributed by atoms with Crippen molar-refractivity contribution in [1.82, 2.24) is 14.9 Å². The number of nitrogens with zero attached hydrogens (tertiary/aromatic N) is 2. The molecule has 2 N–H and O–H groups in total. The Hall–Kier alpha value is -3.06. The van der Waals surface area contributed by atoms with Gasteiger partial charge >= 0.3 is 6.09 Å². The molecule has 0 aliphatic rings. The number of rotatable bonds is 4. The number of nitrogens with one attached hydrogen (secondary N) is 1. The fourth-order valence-electron chi connectivity index (χ4n) is 2.94. The summed E-state index contributed by atoms with van der Waals surface area (Å²) >= 11 is 6.25. The fourth-order valence-corrected chi connectivity index (χ4v) is 3.19. The minimum absolute atomic E-state index is 0.258. The molecule has 1 atom stereocenters. The number of aromatic nitrogens is 2. The summed E-state index contributed by atoms with van der Waals surface area (Å²) in [5, 5.41) is 12.0. The Morgan fingerprint density at radius 2 is 2.07 bits per heavy atom. The summed E-state index contributed by atoms with van der Waals surface area (Å²) in [5.74, 6) is 0.820. The van der Waals surface area contributed by atoms with Gasteiger partial charge in [0, 0.05) is 6.07 Å². The van der Waals surface area contributed by atoms with Gasteiger partial charge < -0.3 is 15.2 Å². The van der Waals surface area contributed by atoms with Crippen molar-refractivity contribution in [2.75, 3.05) is 7.11 Å². The molecule has 0 saturated heterocycles. The molecule has 0 aliphatic heterocycles. The lowest BCUT2D eigenvalue weighted by molar-refractivity contribution is 0.190. The van der Waals surface area contributed by atoms with Crippen molar-refractivity contribution in [1.29, 1.82) is 0 Å². The van der Waals surface area contributed by atoms with Gasteiger partial charge in [0.05, 0.1) is 34.8 Å². The highest BCUT2D eigenvalue weighted by molar-refractivity contribution is 6.35. The van der Waals surface area contributed by atoms with E-state index in [1.54, 1.807) is 37.3 Å². The Bertz CT molecular complexity index is 1090. The van der Waals surface area contributed by atoms with Crippen LogP contribution in [0.2, 0.25) is 5.02 Å². The average Bonchev–Trinajstić information content (AvgIpc) is 2.61. The zero-order valence-corrected chi connectivity index (χ0v) is 15.7. The maximum Gasteiger partial charge on any atom is 0.405 e. The summed E-state index contributed by atoms with van der Waals surface area (Å²) in [4.78, 5) is 29.0. The number of aryl methyl sites for hydroxylation is 1. The average molecular weight is 388 g/mol. The highest BCUT2D eigenvalue weighted by Gasteiger charge is 2.21. The van der Waals surface area contributed by atoms with Crippen LogP contribution in [0.3, 0.4) is 0 Å². The van der Waals surface area contributed by atoms with Crippen molar-refractivity contribution in [3.05, 3.63) is 63.2 Å². The van der Waals surface area contributed by atoms with E-state index in [1.165, 1.54) is 11.7 Å². The van der Waals surface area contributed by atoms with Gasteiger partial charge in [-0.25, -0.2) is 9.78 Å². The zero-order valence-electron chi connectivity index (χ0n) is 15.0. The summed E-state index contributed by atoms with van der Waals surface area (Å²) in [6.45, 7) is 3.47. The van der Waals surface area contributed by atoms with Crippen LogP contribution in [-0.2, 0) is 0 Å². The van der Waals surface area contributed by atoms with E-state index in [2.05, 4.69) is 10.3 Å². The van der Waals surface area contributed by atoms with Gasteiger partial charge in [-0.2, -0.15) is 0 Å². The Morgan fingerprint density at radius 1 is 1.33 bits per heavy atom. The molecule has 0 bridgehead atoms. The number of ether oxygens (including phenoxy) is 1. The van der Waals surface area contributed by atoms with Crippen molar-refractivity contribution >= 4 is 28.6 Å². The Morgan fingerprint density at radius 3 is 2.74 bits per heavy atom. The van der Waals surface area contributed by atoms with E-state index in [0.29, 0.717) is 17.0 Å². The molecular weight excluding hydrogens is 370 g/mol. The molecule has 1 amide bonds. The molecule has 8 heteroatoms. The number of hydrogen-bond acceptors (Lipinski definition) is 4. The molecule has 1 unspecified atom stereocenters. The molecule has 0 saturated carbocycles. The van der Waals surface area contributed by atoms with Gasteiger partial charge in [0.2, 0.25) is 0 Å². The number of benzene rings is 2. The number of amides is 1. The SMILES string of the molecule is COc1ccc(C)c(-n2c(C(C)NC(=O)O)nc3cccc(Cl)c3c2=O)c1. The van der Waals surface area contributed by atoms with Gasteiger partial charge in [-0.1, -0.05) is 23.7 Å². The molecule has 1 aromatic heterocycles. The first-order valence-electron chi connectivity index (χ1n) is 8.19. The lowest BCUT2D eigenvalue weighted by Gasteiger charge is -2.20. The number of halogens is 1. The smallest absolute Gasteiger partial charge is 0.405 e. The third kappa shape index (κ3) is 3.46. The van der Waals surface area contributed by atoms with Crippen LogP contribution >= 0.6 is 11.6 Å². The van der Waals surface area contributed by atoms with Crippen molar-refractivity contribution in [3.8, 4) is 11.4 Å². The molecular formula is C19H18ClN3O4. The van der Waals surface area contributed by atoms with Crippen LogP contribution in [0.1, 0.15) is 24.4 Å². The third-order valence-electron chi connectivity index (χ3n) is 4.26. The molecule has 2 aromatic carbocycles. The zero-order chi connectivity index (χ0) is 19.7. The Kier molecular flexibility index (Phi) is 5.05. The first-order valence-corrected chi connectivity index (χ1v) is 8.57. The summed E-state index contributed by atoms with van der Waals surface area (Å²) in [5.41, 5.74) is 1.37. The van der Waals surface area contributed by atoms with Crippen LogP contribution in [-0.4, -0.2) is 27.9 Å². The summed E-state index contributed by atoms with van der Waals surface area (Å²) in [6.07, 6.45) is -1.21. The van der Waals surface area contributed by atoms with Crippen molar-refractivity contribution < 1.29 is 14.6 Å². The van der Waals surface area contributed by atoms with Gasteiger partial charge in [0.1, 0.15) is 11.6 Å². The van der Waals surface area contributed by atoms with Crippen LogP contribution in [0.5, 0.6) is 5.75 Å². The molecule has 27 heavy (non-hydrogen) atoms. The van der Waals surface area contributed by atoms with Crippen LogP contribution in [0.15, 0.2) is 41.2 Å². The second-order valence-corrected chi connectivity index (χ2v) is 6.48. The van der Waals surface area contributed by atoms with Gasteiger partial charge in [0.15, 0.2) is 0 Å². The second-order valence-electron chi connectivity index (χ2n) is 6.07. The molecule has 3 aromatic rings. The lowest BCUT2D eigenvalue weighted by Crippen LogP contribution is -2.32. The van der Waals surface area contributed by atoms with Gasteiger partial charge in [-0.15, -0.1) is 0 Å². The molecule has 140 valence electrons. The molecule has 0 aliphatic carbocycles. The first-order chi connectivity index (χ1) is 12.8. The largest absolute Gasteiger partial charge is 0.497 e. The van der Waals surface area contributed by atoms with Gasteiger partial charge in [-0.05, 0) is 37.6 Å². The molecule has 7 nitrogen and oxygen atoms in total. The van der Waals surface area contributed by atoms with Gasteiger partial charge in [0.25, 0.3) is 5.56 Å². The molecule has 1 heterocycles. The number of carboxylic acid groups (broad SMARTS) is 1. The van der Waals surface area contributed by atoms with E-state index < -0.39 is 12.1 Å². The normalized spacial score (nSPS) is 12.0. The number of methoxy groups -OCH3 is 1. The minimum atomic E-state index is -1.21. The summed E-state index contributed by atoms with van der Waals surface area (Å²) in [7, 11) is 1.53. The fraction of sp³-hybridized carbons (Fsp3) is 0.211. The molecule has 0 fully saturated rings. The predicted octanol–water partition coefficient (Wildman–Crippen LogP) is 3.68. The minimum Gasteiger partial charge on any atom is -0.497 e. The second kappa shape index (κ2) is 7.28. The standard InChI is InChI=1S/C19H18ClN3O4/c1-10-7-8-12(27-3)9-15(10)23-17(11(2)21-19(25)26)22-14-6-4-5-13(20)16(14)18(23)24/h4-9,11,21H,1-3H3,(H,25,26). The Balaban J connectivity index is 2.41. The number of fused-ring (bicyclic) bond motifs is 1. The van der Waals surface area contributed by atoms with Crippen LogP contribution in [0.25, 0.3) is 16.6 Å². The highest BCUT2D eigenvalue weighted by Crippen LogP contribution is 2.26. The molecule has 3 rings (SSSR count). The van der Waals surface area contributed by atoms with Crippen LogP contribution < -0.4 is 15.6 Å². The van der Waals surface area contributed by atoms with E-state index in [1.807, 2.05) is 13.0 Å². The van der Waals surface area contributed by atoms with E-state index in [4.69, 9.17) is 21.4 Å². The highest BCUT2D eigenvalue weighted by atomic mass is 35.5. The third-order valence-corrected chi connectivity index (χ3v) is 4.57. The molecule has 0 spiro atoms. The first kappa shape index (κ1) is 18.7. The topological polar surface area (TPSA) is 93.4 Å². The molecule has 0 radical (unpaired) electrons. The number of hydrogen-bond donors (Lipinski definition) is 2. The van der Waals surface area contributed by atoms with E-state index >= 15 is 0 Å². The van der Waals surface area contributed by atoms with Crippen LogP contribution in [0, 0.1) is 6.92 Å². The number of carbonyl (C=O) groups is 1. The van der Waals surface area contributed by atoms with E-state index in [9.17, 15) is 9.59 Å². The quantitative estimate of drug-likeness (QED) is 0.712. The van der Waals surface area contributed by atoms with Gasteiger partial charge in [-0.3, -0.25) is 9.36 Å². The summed E-state index contributed by atoms with van der Waals surface area (Å²) < 4.78 is 6.66. The maximum atomic E-state index is 13.3. The summed E-state index contributed by atoms with van der Waals surface area (Å²) in [6, 6.07) is 9.55. The van der Waals surface area contributed by atoms with Crippen LogP contribution in [0.4, 0.5) is 4.79 Å². The maximum absolute atomic E-state index is 13.3. The monoisotopic (exact) mass is 387 g/mol. The van der Waals surface area contributed by atoms with E-state index in [-0.39, 0.29) is 21.8 Å². The Labute approximate surface area is 160 Å². The lowest BCUT2D eigenvalue weighted by atomic mass is 10.1. The van der Waals surface area contributed by atoms with Crippen molar-refractivity contribution in [2.24, 2.45) is 0 Å². The predicted molar refractivity (Wildman–Crippen MR) is 103 cm³/mol.